The molecule has 2 aromatic carbocycles. The summed E-state index contributed by atoms with van der Waals surface area (Å²) in [6.07, 6.45) is 3.12. The van der Waals surface area contributed by atoms with Crippen LogP contribution < -0.4 is 0 Å². The predicted molar refractivity (Wildman–Crippen MR) is 96.8 cm³/mol. The molecule has 5 nitrogen and oxygen atoms in total. The zero-order valence-electron chi connectivity index (χ0n) is 13.6. The minimum absolute atomic E-state index is 0.111. The quantitative estimate of drug-likeness (QED) is 0.678. The SMILES string of the molecule is O=C(c1ccc2ccccc2c1)C1CCCN(C(=O)c2cnsn2)C1. The number of likely N-dealkylation sites (tertiary alicyclic amines) is 1. The van der Waals surface area contributed by atoms with E-state index in [0.29, 0.717) is 24.3 Å². The molecule has 2 heterocycles. The Morgan fingerprint density at radius 3 is 2.76 bits per heavy atom. The summed E-state index contributed by atoms with van der Waals surface area (Å²) in [5.74, 6) is -0.185. The van der Waals surface area contributed by atoms with E-state index in [2.05, 4.69) is 8.75 Å². The molecule has 1 aliphatic heterocycles. The molecule has 0 spiro atoms. The van der Waals surface area contributed by atoms with Crippen molar-refractivity contribution in [3.8, 4) is 0 Å². The normalized spacial score (nSPS) is 17.6. The van der Waals surface area contributed by atoms with E-state index in [4.69, 9.17) is 0 Å². The second kappa shape index (κ2) is 6.72. The maximum Gasteiger partial charge on any atom is 0.275 e. The van der Waals surface area contributed by atoms with Crippen molar-refractivity contribution >= 4 is 34.2 Å². The third-order valence-corrected chi connectivity index (χ3v) is 5.17. The van der Waals surface area contributed by atoms with Crippen LogP contribution in [-0.2, 0) is 0 Å². The molecule has 1 amide bonds. The highest BCUT2D eigenvalue weighted by Gasteiger charge is 2.30. The molecule has 0 saturated carbocycles. The average molecular weight is 351 g/mol. The molecule has 1 fully saturated rings. The lowest BCUT2D eigenvalue weighted by Gasteiger charge is -2.31. The number of fused-ring (bicyclic) bond motifs is 1. The summed E-state index contributed by atoms with van der Waals surface area (Å²) in [5.41, 5.74) is 1.08. The van der Waals surface area contributed by atoms with E-state index in [-0.39, 0.29) is 17.6 Å². The summed E-state index contributed by atoms with van der Waals surface area (Å²) in [6.45, 7) is 1.11. The monoisotopic (exact) mass is 351 g/mol. The van der Waals surface area contributed by atoms with E-state index < -0.39 is 0 Å². The van der Waals surface area contributed by atoms with Crippen LogP contribution in [0.4, 0.5) is 0 Å². The van der Waals surface area contributed by atoms with Crippen molar-refractivity contribution in [1.29, 1.82) is 0 Å². The van der Waals surface area contributed by atoms with Gasteiger partial charge in [-0.15, -0.1) is 0 Å². The summed E-state index contributed by atoms with van der Waals surface area (Å²) >= 11 is 1.02. The molecule has 6 heteroatoms. The first-order chi connectivity index (χ1) is 12.2. The highest BCUT2D eigenvalue weighted by molar-refractivity contribution is 6.99. The number of hydrogen-bond acceptors (Lipinski definition) is 5. The molecule has 1 aliphatic rings. The summed E-state index contributed by atoms with van der Waals surface area (Å²) in [5, 5.41) is 2.18. The molecule has 0 bridgehead atoms. The first kappa shape index (κ1) is 15.9. The second-order valence-electron chi connectivity index (χ2n) is 6.31. The van der Waals surface area contributed by atoms with E-state index in [0.717, 1.165) is 35.3 Å². The zero-order valence-corrected chi connectivity index (χ0v) is 14.4. The molecule has 25 heavy (non-hydrogen) atoms. The Morgan fingerprint density at radius 2 is 1.96 bits per heavy atom. The molecule has 126 valence electrons. The smallest absolute Gasteiger partial charge is 0.275 e. The van der Waals surface area contributed by atoms with Gasteiger partial charge in [-0.25, -0.2) is 0 Å². The topological polar surface area (TPSA) is 63.2 Å². The highest BCUT2D eigenvalue weighted by atomic mass is 32.1. The molecule has 1 atom stereocenters. The Morgan fingerprint density at radius 1 is 1.12 bits per heavy atom. The fraction of sp³-hybridized carbons (Fsp3) is 0.263. The summed E-state index contributed by atoms with van der Waals surface area (Å²) in [4.78, 5) is 27.1. The molecular formula is C19H17N3O2S. The van der Waals surface area contributed by atoms with Crippen LogP contribution in [0.5, 0.6) is 0 Å². The van der Waals surface area contributed by atoms with Crippen LogP contribution in [0.3, 0.4) is 0 Å². The van der Waals surface area contributed by atoms with Gasteiger partial charge in [-0.1, -0.05) is 36.4 Å². The van der Waals surface area contributed by atoms with Crippen LogP contribution in [0.25, 0.3) is 10.8 Å². The largest absolute Gasteiger partial charge is 0.336 e. The molecule has 0 N–H and O–H groups in total. The zero-order chi connectivity index (χ0) is 17.2. The second-order valence-corrected chi connectivity index (χ2v) is 6.87. The Balaban J connectivity index is 1.53. The third-order valence-electron chi connectivity index (χ3n) is 4.69. The van der Waals surface area contributed by atoms with Crippen molar-refractivity contribution in [3.05, 3.63) is 59.9 Å². The van der Waals surface area contributed by atoms with Crippen molar-refractivity contribution in [3.63, 3.8) is 0 Å². The maximum atomic E-state index is 12.9. The predicted octanol–water partition coefficient (Wildman–Crippen LogP) is 3.43. The van der Waals surface area contributed by atoms with Crippen molar-refractivity contribution in [1.82, 2.24) is 13.6 Å². The number of hydrogen-bond donors (Lipinski definition) is 0. The minimum atomic E-state index is -0.162. The number of nitrogens with zero attached hydrogens (tertiary/aromatic N) is 3. The molecule has 0 aliphatic carbocycles. The number of Topliss-reactive ketones (excluding diaryl/α,β-unsaturated/α-hetero) is 1. The number of carbonyl (C=O) groups excluding carboxylic acids is 2. The highest BCUT2D eigenvalue weighted by Crippen LogP contribution is 2.24. The lowest BCUT2D eigenvalue weighted by molar-refractivity contribution is 0.0633. The van der Waals surface area contributed by atoms with Gasteiger partial charge in [0, 0.05) is 24.6 Å². The van der Waals surface area contributed by atoms with Gasteiger partial charge >= 0.3 is 0 Å². The van der Waals surface area contributed by atoms with Crippen molar-refractivity contribution in [2.24, 2.45) is 5.92 Å². The lowest BCUT2D eigenvalue weighted by Crippen LogP contribution is -2.42. The van der Waals surface area contributed by atoms with Gasteiger partial charge in [-0.05, 0) is 29.7 Å². The van der Waals surface area contributed by atoms with Gasteiger partial charge in [0.05, 0.1) is 17.9 Å². The van der Waals surface area contributed by atoms with E-state index in [1.807, 2.05) is 42.5 Å². The lowest BCUT2D eigenvalue weighted by atomic mass is 9.89. The molecular weight excluding hydrogens is 334 g/mol. The van der Waals surface area contributed by atoms with Gasteiger partial charge in [-0.2, -0.15) is 8.75 Å². The molecule has 3 aromatic rings. The van der Waals surface area contributed by atoms with Gasteiger partial charge < -0.3 is 4.90 Å². The van der Waals surface area contributed by atoms with Crippen LogP contribution in [0.2, 0.25) is 0 Å². The Bertz CT molecular complexity index is 923. The average Bonchev–Trinajstić information content (AvgIpc) is 3.21. The van der Waals surface area contributed by atoms with Crippen molar-refractivity contribution in [2.45, 2.75) is 12.8 Å². The van der Waals surface area contributed by atoms with Gasteiger partial charge in [0.1, 0.15) is 0 Å². The molecule has 1 unspecified atom stereocenters. The van der Waals surface area contributed by atoms with Crippen LogP contribution >= 0.6 is 11.7 Å². The van der Waals surface area contributed by atoms with E-state index in [9.17, 15) is 9.59 Å². The fourth-order valence-corrected chi connectivity index (χ4v) is 3.78. The number of amides is 1. The molecule has 1 saturated heterocycles. The van der Waals surface area contributed by atoms with E-state index in [1.54, 1.807) is 4.90 Å². The minimum Gasteiger partial charge on any atom is -0.336 e. The van der Waals surface area contributed by atoms with Gasteiger partial charge in [0.2, 0.25) is 0 Å². The number of rotatable bonds is 3. The number of carbonyl (C=O) groups is 2. The summed E-state index contributed by atoms with van der Waals surface area (Å²) < 4.78 is 7.89. The van der Waals surface area contributed by atoms with Gasteiger partial charge in [0.25, 0.3) is 5.91 Å². The Kier molecular flexibility index (Phi) is 4.28. The van der Waals surface area contributed by atoms with E-state index >= 15 is 0 Å². The number of aromatic nitrogens is 2. The van der Waals surface area contributed by atoms with Crippen LogP contribution in [0.1, 0.15) is 33.7 Å². The van der Waals surface area contributed by atoms with Gasteiger partial charge in [0.15, 0.2) is 11.5 Å². The fourth-order valence-electron chi connectivity index (χ4n) is 3.37. The number of piperidine rings is 1. The molecule has 1 aromatic heterocycles. The standard InChI is InChI=1S/C19H17N3O2S/c23-18(15-8-7-13-4-1-2-5-14(13)10-15)16-6-3-9-22(12-16)19(24)17-11-20-25-21-17/h1-2,4-5,7-8,10-11,16H,3,6,9,12H2. The number of ketones is 1. The molecule has 4 rings (SSSR count). The van der Waals surface area contributed by atoms with Crippen LogP contribution in [0, 0.1) is 5.92 Å². The summed E-state index contributed by atoms with van der Waals surface area (Å²) in [7, 11) is 0. The Hall–Kier alpha value is -2.60. The summed E-state index contributed by atoms with van der Waals surface area (Å²) in [6, 6.07) is 13.8. The van der Waals surface area contributed by atoms with Crippen molar-refractivity contribution < 1.29 is 9.59 Å². The first-order valence-electron chi connectivity index (χ1n) is 8.32. The number of benzene rings is 2. The van der Waals surface area contributed by atoms with Gasteiger partial charge in [-0.3, -0.25) is 9.59 Å². The van der Waals surface area contributed by atoms with E-state index in [1.165, 1.54) is 6.20 Å². The maximum absolute atomic E-state index is 12.9. The Labute approximate surface area is 149 Å². The van der Waals surface area contributed by atoms with Crippen LogP contribution in [0.15, 0.2) is 48.7 Å². The molecule has 0 radical (unpaired) electrons. The van der Waals surface area contributed by atoms with Crippen LogP contribution in [-0.4, -0.2) is 38.4 Å². The third kappa shape index (κ3) is 3.17. The van der Waals surface area contributed by atoms with Crippen molar-refractivity contribution in [2.75, 3.05) is 13.1 Å². The first-order valence-corrected chi connectivity index (χ1v) is 9.05.